The molecule has 1 aromatic carbocycles. The number of rotatable bonds is 7. The Bertz CT molecular complexity index is 1010. The average Bonchev–Trinajstić information content (AvgIpc) is 2.62. The van der Waals surface area contributed by atoms with Crippen LogP contribution in [0, 0.1) is 13.8 Å². The van der Waals surface area contributed by atoms with E-state index in [2.05, 4.69) is 32.2 Å². The van der Waals surface area contributed by atoms with Crippen molar-refractivity contribution in [2.75, 3.05) is 11.9 Å². The van der Waals surface area contributed by atoms with Crippen LogP contribution in [0.1, 0.15) is 43.6 Å². The molecule has 0 atom stereocenters. The number of hydrogen-bond donors (Lipinski definition) is 2. The first-order valence-corrected chi connectivity index (χ1v) is 9.29. The molecule has 0 spiro atoms. The van der Waals surface area contributed by atoms with Crippen molar-refractivity contribution >= 4 is 22.8 Å². The van der Waals surface area contributed by atoms with Crippen molar-refractivity contribution in [1.29, 1.82) is 0 Å². The topological polar surface area (TPSA) is 92.8 Å². The Kier molecular flexibility index (Phi) is 5.69. The minimum absolute atomic E-state index is 0.114. The molecule has 0 bridgehead atoms. The number of fused-ring (bicyclic) bond motifs is 1. The van der Waals surface area contributed by atoms with E-state index < -0.39 is 0 Å². The molecule has 0 amide bonds. The highest BCUT2D eigenvalue weighted by atomic mass is 16.5. The van der Waals surface area contributed by atoms with Gasteiger partial charge in [-0.05, 0) is 51.8 Å². The quantitative estimate of drug-likeness (QED) is 0.659. The summed E-state index contributed by atoms with van der Waals surface area (Å²) in [6, 6.07) is 5.72. The van der Waals surface area contributed by atoms with Crippen molar-refractivity contribution < 1.29 is 4.74 Å². The van der Waals surface area contributed by atoms with Gasteiger partial charge in [0.25, 0.3) is 5.56 Å². The van der Waals surface area contributed by atoms with E-state index >= 15 is 0 Å². The number of anilines is 2. The maximum Gasteiger partial charge on any atom is 0.255 e. The summed E-state index contributed by atoms with van der Waals surface area (Å²) < 4.78 is 5.54. The lowest BCUT2D eigenvalue weighted by molar-refractivity contribution is 0.340. The van der Waals surface area contributed by atoms with Crippen molar-refractivity contribution in [3.05, 3.63) is 45.5 Å². The molecule has 7 nitrogen and oxygen atoms in total. The predicted molar refractivity (Wildman–Crippen MR) is 107 cm³/mol. The summed E-state index contributed by atoms with van der Waals surface area (Å²) in [4.78, 5) is 28.6. The highest BCUT2D eigenvalue weighted by Crippen LogP contribution is 2.23. The Hall–Kier alpha value is -2.96. The van der Waals surface area contributed by atoms with Gasteiger partial charge >= 0.3 is 0 Å². The van der Waals surface area contributed by atoms with Crippen LogP contribution in [0.2, 0.25) is 0 Å². The Morgan fingerprint density at radius 1 is 1.11 bits per heavy atom. The van der Waals surface area contributed by atoms with Crippen molar-refractivity contribution in [3.8, 4) is 5.75 Å². The van der Waals surface area contributed by atoms with Crippen LogP contribution in [0.25, 0.3) is 10.9 Å². The monoisotopic (exact) mass is 367 g/mol. The van der Waals surface area contributed by atoms with Gasteiger partial charge in [-0.15, -0.1) is 0 Å². The standard InChI is InChI=1S/C20H25N5O2/c1-5-7-8-15-12(3)21-20(24-18(15)26)25-19-22-13(4)16-11-14(27-6-2)9-10-17(16)23-19/h9-11H,5-8H2,1-4H3,(H2,21,22,23,24,25,26). The molecule has 0 aliphatic carbocycles. The number of unbranched alkanes of at least 4 members (excludes halogenated alkanes) is 1. The number of H-pyrrole nitrogens is 1. The summed E-state index contributed by atoms with van der Waals surface area (Å²) in [5, 5.41) is 3.95. The lowest BCUT2D eigenvalue weighted by Gasteiger charge is -2.10. The summed E-state index contributed by atoms with van der Waals surface area (Å²) in [7, 11) is 0. The zero-order valence-corrected chi connectivity index (χ0v) is 16.2. The van der Waals surface area contributed by atoms with Crippen LogP contribution in [0.4, 0.5) is 11.9 Å². The van der Waals surface area contributed by atoms with Gasteiger partial charge in [0.15, 0.2) is 0 Å². The largest absolute Gasteiger partial charge is 0.494 e. The van der Waals surface area contributed by atoms with Crippen LogP contribution in [0.3, 0.4) is 0 Å². The summed E-state index contributed by atoms with van der Waals surface area (Å²) >= 11 is 0. The van der Waals surface area contributed by atoms with Gasteiger partial charge in [-0.2, -0.15) is 0 Å². The van der Waals surface area contributed by atoms with Gasteiger partial charge in [0.1, 0.15) is 5.75 Å². The number of nitrogens with zero attached hydrogens (tertiary/aromatic N) is 3. The molecule has 0 saturated carbocycles. The third-order valence-electron chi connectivity index (χ3n) is 4.40. The van der Waals surface area contributed by atoms with Crippen LogP contribution in [0.15, 0.2) is 23.0 Å². The molecule has 0 fully saturated rings. The summed E-state index contributed by atoms with van der Waals surface area (Å²) in [6.07, 6.45) is 2.74. The van der Waals surface area contributed by atoms with E-state index in [-0.39, 0.29) is 5.56 Å². The number of aromatic nitrogens is 4. The fraction of sp³-hybridized carbons (Fsp3) is 0.400. The fourth-order valence-electron chi connectivity index (χ4n) is 3.00. The zero-order chi connectivity index (χ0) is 19.4. The number of benzene rings is 1. The maximum absolute atomic E-state index is 12.3. The Balaban J connectivity index is 1.90. The first kappa shape index (κ1) is 18.8. The molecule has 0 unspecified atom stereocenters. The average molecular weight is 367 g/mol. The lowest BCUT2D eigenvalue weighted by atomic mass is 10.1. The van der Waals surface area contributed by atoms with Crippen LogP contribution >= 0.6 is 0 Å². The predicted octanol–water partition coefficient (Wildman–Crippen LogP) is 3.81. The normalized spacial score (nSPS) is 11.0. The van der Waals surface area contributed by atoms with Crippen molar-refractivity contribution in [2.45, 2.75) is 47.0 Å². The summed E-state index contributed by atoms with van der Waals surface area (Å²) in [5.74, 6) is 1.54. The molecule has 0 saturated heterocycles. The van der Waals surface area contributed by atoms with Gasteiger partial charge in [0.05, 0.1) is 17.8 Å². The van der Waals surface area contributed by atoms with Crippen molar-refractivity contribution in [1.82, 2.24) is 19.9 Å². The molecule has 0 radical (unpaired) electrons. The second kappa shape index (κ2) is 8.16. The van der Waals surface area contributed by atoms with Gasteiger partial charge in [-0.25, -0.2) is 15.0 Å². The molecule has 2 aromatic heterocycles. The van der Waals surface area contributed by atoms with Crippen LogP contribution in [-0.4, -0.2) is 26.5 Å². The smallest absolute Gasteiger partial charge is 0.255 e. The van der Waals surface area contributed by atoms with E-state index in [1.807, 2.05) is 39.0 Å². The maximum atomic E-state index is 12.3. The number of nitrogens with one attached hydrogen (secondary N) is 2. The van der Waals surface area contributed by atoms with Crippen LogP contribution in [0.5, 0.6) is 5.75 Å². The van der Waals surface area contributed by atoms with E-state index in [1.54, 1.807) is 0 Å². The molecular formula is C20H25N5O2. The highest BCUT2D eigenvalue weighted by Gasteiger charge is 2.11. The molecule has 3 rings (SSSR count). The Labute approximate surface area is 158 Å². The van der Waals surface area contributed by atoms with Crippen molar-refractivity contribution in [3.63, 3.8) is 0 Å². The van der Waals surface area contributed by atoms with Gasteiger partial charge in [0.2, 0.25) is 11.9 Å². The molecule has 3 aromatic rings. The lowest BCUT2D eigenvalue weighted by Crippen LogP contribution is -2.18. The molecule has 2 N–H and O–H groups in total. The van der Waals surface area contributed by atoms with E-state index in [0.29, 0.717) is 18.5 Å². The molecule has 0 aliphatic rings. The highest BCUT2D eigenvalue weighted by molar-refractivity contribution is 5.83. The molecule has 142 valence electrons. The van der Waals surface area contributed by atoms with E-state index in [0.717, 1.165) is 52.9 Å². The molecule has 2 heterocycles. The van der Waals surface area contributed by atoms with E-state index in [9.17, 15) is 4.79 Å². The minimum Gasteiger partial charge on any atom is -0.494 e. The first-order valence-electron chi connectivity index (χ1n) is 9.29. The first-order chi connectivity index (χ1) is 13.0. The second-order valence-corrected chi connectivity index (χ2v) is 6.45. The third-order valence-corrected chi connectivity index (χ3v) is 4.40. The number of aryl methyl sites for hydroxylation is 2. The fourth-order valence-corrected chi connectivity index (χ4v) is 3.00. The van der Waals surface area contributed by atoms with E-state index in [4.69, 9.17) is 4.74 Å². The zero-order valence-electron chi connectivity index (χ0n) is 16.2. The van der Waals surface area contributed by atoms with Gasteiger partial charge in [-0.3, -0.25) is 15.1 Å². The number of aromatic amines is 1. The van der Waals surface area contributed by atoms with Gasteiger partial charge in [-0.1, -0.05) is 13.3 Å². The minimum atomic E-state index is -0.114. The van der Waals surface area contributed by atoms with Gasteiger partial charge < -0.3 is 4.74 Å². The van der Waals surface area contributed by atoms with Crippen LogP contribution in [-0.2, 0) is 6.42 Å². The Morgan fingerprint density at radius 2 is 1.93 bits per heavy atom. The third kappa shape index (κ3) is 4.24. The molecule has 7 heteroatoms. The SMILES string of the molecule is CCCCc1c(C)nc(Nc2nc(C)c3cc(OCC)ccc3n2)[nH]c1=O. The number of ether oxygens (including phenoxy) is 1. The second-order valence-electron chi connectivity index (χ2n) is 6.45. The van der Waals surface area contributed by atoms with Crippen molar-refractivity contribution in [2.24, 2.45) is 0 Å². The number of hydrogen-bond acceptors (Lipinski definition) is 6. The summed E-state index contributed by atoms with van der Waals surface area (Å²) in [6.45, 7) is 8.43. The molecular weight excluding hydrogens is 342 g/mol. The van der Waals surface area contributed by atoms with Gasteiger partial charge in [0, 0.05) is 16.6 Å². The molecule has 27 heavy (non-hydrogen) atoms. The Morgan fingerprint density at radius 3 is 2.63 bits per heavy atom. The summed E-state index contributed by atoms with van der Waals surface area (Å²) in [5.41, 5.74) is 2.97. The molecule has 0 aliphatic heterocycles. The van der Waals surface area contributed by atoms with Crippen LogP contribution < -0.4 is 15.6 Å². The van der Waals surface area contributed by atoms with E-state index in [1.165, 1.54) is 0 Å².